The molecule has 3 rings (SSSR count). The Bertz CT molecular complexity index is 1250. The third-order valence-corrected chi connectivity index (χ3v) is 4.58. The van der Waals surface area contributed by atoms with Crippen LogP contribution in [0.5, 0.6) is 5.75 Å². The molecule has 9 nitrogen and oxygen atoms in total. The minimum absolute atomic E-state index is 0.163. The van der Waals surface area contributed by atoms with Gasteiger partial charge in [0.2, 0.25) is 5.91 Å². The molecule has 1 aromatic heterocycles. The zero-order valence-electron chi connectivity index (χ0n) is 17.8. The second-order valence-electron chi connectivity index (χ2n) is 7.09. The average Bonchev–Trinajstić information content (AvgIpc) is 3.20. The summed E-state index contributed by atoms with van der Waals surface area (Å²) in [4.78, 5) is 36.1. The number of aromatic nitrogens is 1. The molecule has 3 N–H and O–H groups in total. The van der Waals surface area contributed by atoms with E-state index in [-0.39, 0.29) is 11.3 Å². The van der Waals surface area contributed by atoms with E-state index in [1.54, 1.807) is 25.1 Å². The fraction of sp³-hybridized carbons (Fsp3) is 0.182. The number of aryl methyl sites for hydroxylation is 1. The largest absolute Gasteiger partial charge is 0.496 e. The van der Waals surface area contributed by atoms with Gasteiger partial charge >= 0.3 is 12.3 Å². The van der Waals surface area contributed by atoms with E-state index < -0.39 is 47.4 Å². The molecule has 0 unspecified atom stereocenters. The lowest BCUT2D eigenvalue weighted by atomic mass is 10.0. The molecule has 178 valence electrons. The predicted molar refractivity (Wildman–Crippen MR) is 114 cm³/mol. The molecular weight excluding hydrogens is 459 g/mol. The van der Waals surface area contributed by atoms with E-state index in [2.05, 4.69) is 10.5 Å². The Hall–Kier alpha value is -4.35. The zero-order valence-corrected chi connectivity index (χ0v) is 17.8. The van der Waals surface area contributed by atoms with Crippen LogP contribution in [0.4, 0.5) is 29.3 Å². The summed E-state index contributed by atoms with van der Waals surface area (Å²) in [6.07, 6.45) is -7.13. The van der Waals surface area contributed by atoms with Gasteiger partial charge in [-0.25, -0.2) is 4.79 Å². The van der Waals surface area contributed by atoms with Crippen LogP contribution in [0.3, 0.4) is 0 Å². The molecule has 3 aromatic rings. The molecule has 2 amide bonds. The molecule has 0 saturated carbocycles. The fourth-order valence-corrected chi connectivity index (χ4v) is 3.08. The summed E-state index contributed by atoms with van der Waals surface area (Å²) in [5, 5.41) is 16.8. The van der Waals surface area contributed by atoms with Gasteiger partial charge in [0.15, 0.2) is 11.5 Å². The number of carbonyl (C=O) groups is 3. The van der Waals surface area contributed by atoms with Gasteiger partial charge in [-0.3, -0.25) is 14.9 Å². The maximum atomic E-state index is 13.4. The number of nitrogens with zero attached hydrogens (tertiary/aromatic N) is 1. The van der Waals surface area contributed by atoms with Gasteiger partial charge in [0.25, 0.3) is 0 Å². The van der Waals surface area contributed by atoms with Crippen molar-refractivity contribution in [1.82, 2.24) is 5.16 Å². The number of benzene rings is 2. The number of carboxylic acid groups (broad SMARTS) is 1. The second kappa shape index (κ2) is 9.65. The average molecular weight is 477 g/mol. The van der Waals surface area contributed by atoms with Gasteiger partial charge in [-0.05, 0) is 19.1 Å². The van der Waals surface area contributed by atoms with Gasteiger partial charge in [-0.1, -0.05) is 23.4 Å². The summed E-state index contributed by atoms with van der Waals surface area (Å²) in [6.45, 7) is 1.73. The maximum absolute atomic E-state index is 13.4. The van der Waals surface area contributed by atoms with Crippen LogP contribution in [0.15, 0.2) is 47.0 Å². The lowest BCUT2D eigenvalue weighted by molar-refractivity contribution is -0.138. The summed E-state index contributed by atoms with van der Waals surface area (Å²) in [7, 11) is 0.986. The quantitative estimate of drug-likeness (QED) is 0.323. The van der Waals surface area contributed by atoms with Crippen molar-refractivity contribution in [2.24, 2.45) is 0 Å². The van der Waals surface area contributed by atoms with E-state index in [9.17, 15) is 27.6 Å². The van der Waals surface area contributed by atoms with Crippen LogP contribution < -0.4 is 15.4 Å². The molecular formula is C22H18F3N3O6. The number of alkyl halides is 3. The SMILES string of the molecule is COc1cc(NC(=O)O)c(NC(=O)CC(=O)c2cccc(-c3cc(C)no3)c2)cc1C(F)(F)F. The number of ether oxygens (including phenoxy) is 1. The van der Waals surface area contributed by atoms with Crippen LogP contribution in [-0.4, -0.2) is 35.2 Å². The topological polar surface area (TPSA) is 131 Å². The Balaban J connectivity index is 1.83. The maximum Gasteiger partial charge on any atom is 0.420 e. The number of halogens is 3. The van der Waals surface area contributed by atoms with Gasteiger partial charge in [-0.15, -0.1) is 0 Å². The minimum Gasteiger partial charge on any atom is -0.496 e. The molecule has 0 aliphatic carbocycles. The van der Waals surface area contributed by atoms with Crippen molar-refractivity contribution in [2.45, 2.75) is 19.5 Å². The van der Waals surface area contributed by atoms with Crippen molar-refractivity contribution >= 4 is 29.2 Å². The lowest BCUT2D eigenvalue weighted by Gasteiger charge is -2.17. The number of ketones is 1. The van der Waals surface area contributed by atoms with E-state index in [1.807, 2.05) is 5.32 Å². The predicted octanol–water partition coefficient (Wildman–Crippen LogP) is 4.98. The molecule has 2 aromatic carbocycles. The number of amides is 2. The third kappa shape index (κ3) is 5.71. The highest BCUT2D eigenvalue weighted by atomic mass is 19.4. The molecule has 0 aliphatic heterocycles. The van der Waals surface area contributed by atoms with Gasteiger partial charge in [-0.2, -0.15) is 13.2 Å². The van der Waals surface area contributed by atoms with Gasteiger partial charge in [0, 0.05) is 23.3 Å². The number of rotatable bonds is 7. The highest BCUT2D eigenvalue weighted by molar-refractivity contribution is 6.12. The van der Waals surface area contributed by atoms with Gasteiger partial charge in [0.05, 0.1) is 36.2 Å². The lowest BCUT2D eigenvalue weighted by Crippen LogP contribution is -2.19. The first-order valence-corrected chi connectivity index (χ1v) is 9.64. The van der Waals surface area contributed by atoms with Crippen LogP contribution in [-0.2, 0) is 11.0 Å². The third-order valence-electron chi connectivity index (χ3n) is 4.58. The second-order valence-corrected chi connectivity index (χ2v) is 7.09. The Morgan fingerprint density at radius 2 is 1.79 bits per heavy atom. The Kier molecular flexibility index (Phi) is 6.89. The summed E-state index contributed by atoms with van der Waals surface area (Å²) in [6, 6.07) is 9.19. The van der Waals surface area contributed by atoms with Crippen LogP contribution in [0, 0.1) is 6.92 Å². The van der Waals surface area contributed by atoms with E-state index in [0.29, 0.717) is 23.1 Å². The Labute approximate surface area is 190 Å². The summed E-state index contributed by atoms with van der Waals surface area (Å²) in [5.74, 6) is -1.80. The van der Waals surface area contributed by atoms with Gasteiger partial charge in [0.1, 0.15) is 5.75 Å². The molecule has 0 bridgehead atoms. The first-order chi connectivity index (χ1) is 16.0. The molecule has 0 fully saturated rings. The smallest absolute Gasteiger partial charge is 0.420 e. The van der Waals surface area contributed by atoms with Crippen molar-refractivity contribution in [3.05, 3.63) is 59.3 Å². The number of hydrogen-bond acceptors (Lipinski definition) is 6. The van der Waals surface area contributed by atoms with Crippen molar-refractivity contribution in [1.29, 1.82) is 0 Å². The van der Waals surface area contributed by atoms with E-state index >= 15 is 0 Å². The number of nitrogens with one attached hydrogen (secondary N) is 2. The van der Waals surface area contributed by atoms with Crippen molar-refractivity contribution in [3.8, 4) is 17.1 Å². The van der Waals surface area contributed by atoms with Crippen molar-refractivity contribution in [2.75, 3.05) is 17.7 Å². The highest BCUT2D eigenvalue weighted by Gasteiger charge is 2.35. The van der Waals surface area contributed by atoms with E-state index in [0.717, 1.165) is 13.2 Å². The first kappa shape index (κ1) is 24.3. The number of Topliss-reactive ketones (excluding diaryl/α,β-unsaturated/α-hetero) is 1. The van der Waals surface area contributed by atoms with Crippen LogP contribution in [0.2, 0.25) is 0 Å². The Morgan fingerprint density at radius 1 is 1.09 bits per heavy atom. The van der Waals surface area contributed by atoms with Gasteiger partial charge < -0.3 is 19.7 Å². The van der Waals surface area contributed by atoms with E-state index in [1.165, 1.54) is 12.1 Å². The Morgan fingerprint density at radius 3 is 2.38 bits per heavy atom. The molecule has 0 saturated heterocycles. The normalized spacial score (nSPS) is 11.1. The molecule has 12 heteroatoms. The van der Waals surface area contributed by atoms with Crippen LogP contribution >= 0.6 is 0 Å². The summed E-state index contributed by atoms with van der Waals surface area (Å²) >= 11 is 0. The monoisotopic (exact) mass is 477 g/mol. The molecule has 0 aliphatic rings. The zero-order chi connectivity index (χ0) is 25.0. The molecule has 34 heavy (non-hydrogen) atoms. The minimum atomic E-state index is -4.85. The number of methoxy groups -OCH3 is 1. The standard InChI is InChI=1S/C22H18F3N3O6/c1-11-6-18(34-28-11)13-5-3-4-12(7-13)17(29)10-20(30)26-15-8-14(22(23,24)25)19(33-2)9-16(15)27-21(31)32/h3-9,27H,10H2,1-2H3,(H,26,30)(H,31,32). The summed E-state index contributed by atoms with van der Waals surface area (Å²) in [5.41, 5.74) is -0.738. The molecule has 0 radical (unpaired) electrons. The number of hydrogen-bond donors (Lipinski definition) is 3. The van der Waals surface area contributed by atoms with E-state index in [4.69, 9.17) is 14.4 Å². The van der Waals surface area contributed by atoms with Crippen LogP contribution in [0.1, 0.15) is 28.0 Å². The summed E-state index contributed by atoms with van der Waals surface area (Å²) < 4.78 is 49.9. The molecule has 0 spiro atoms. The molecule has 0 atom stereocenters. The van der Waals surface area contributed by atoms with Crippen molar-refractivity contribution < 1.29 is 41.9 Å². The number of anilines is 2. The van der Waals surface area contributed by atoms with Crippen LogP contribution in [0.25, 0.3) is 11.3 Å². The number of carbonyl (C=O) groups excluding carboxylic acids is 2. The first-order valence-electron chi connectivity index (χ1n) is 9.64. The molecule has 1 heterocycles. The van der Waals surface area contributed by atoms with Crippen molar-refractivity contribution in [3.63, 3.8) is 0 Å². The highest BCUT2D eigenvalue weighted by Crippen LogP contribution is 2.41. The fourth-order valence-electron chi connectivity index (χ4n) is 3.08.